The van der Waals surface area contributed by atoms with E-state index in [1.54, 1.807) is 7.11 Å². The molecule has 2 atom stereocenters. The van der Waals surface area contributed by atoms with Crippen molar-refractivity contribution >= 4 is 8.32 Å². The summed E-state index contributed by atoms with van der Waals surface area (Å²) < 4.78 is 5.08. The van der Waals surface area contributed by atoms with Gasteiger partial charge in [0.05, 0.1) is 6.07 Å². The number of benzene rings is 1. The van der Waals surface area contributed by atoms with Gasteiger partial charge in [-0.15, -0.1) is 0 Å². The largest absolute Gasteiger partial charge is 0.421 e. The maximum Gasteiger partial charge on any atom is 0.183 e. The van der Waals surface area contributed by atoms with Gasteiger partial charge in [0.15, 0.2) is 8.32 Å². The Hall–Kier alpha value is -1.11. The van der Waals surface area contributed by atoms with Crippen molar-refractivity contribution in [2.24, 2.45) is 5.92 Å². The Balaban J connectivity index is 0. The second kappa shape index (κ2) is 13.5. The summed E-state index contributed by atoms with van der Waals surface area (Å²) in [6.45, 7) is 14.9. The first-order valence-corrected chi connectivity index (χ1v) is 11.6. The fourth-order valence-corrected chi connectivity index (χ4v) is 1.11. The molecule has 3 heteroatoms. The molecule has 1 aromatic rings. The summed E-state index contributed by atoms with van der Waals surface area (Å²) in [5, 5.41) is 8.08. The molecule has 0 amide bonds. The Labute approximate surface area is 139 Å². The van der Waals surface area contributed by atoms with Crippen molar-refractivity contribution in [3.63, 3.8) is 0 Å². The first-order valence-electron chi connectivity index (χ1n) is 8.21. The fourth-order valence-electron chi connectivity index (χ4n) is 1.11. The maximum atomic E-state index is 8.08. The van der Waals surface area contributed by atoms with Gasteiger partial charge in [0.1, 0.15) is 0 Å². The zero-order valence-corrected chi connectivity index (χ0v) is 16.8. The van der Waals surface area contributed by atoms with Gasteiger partial charge in [-0.25, -0.2) is 0 Å². The summed E-state index contributed by atoms with van der Waals surface area (Å²) in [5.41, 5.74) is 1.45. The van der Waals surface area contributed by atoms with Crippen LogP contribution in [0.1, 0.15) is 52.0 Å². The Morgan fingerprint density at radius 3 is 1.73 bits per heavy atom. The van der Waals surface area contributed by atoms with Crippen LogP contribution >= 0.6 is 0 Å². The minimum Gasteiger partial charge on any atom is -0.421 e. The SMILES string of the molecule is CCC(C)C#N.CCC(C)c1ccccc1.CO[Si](C)(C)C. The molecule has 0 aliphatic rings. The average molecular weight is 322 g/mol. The summed E-state index contributed by atoms with van der Waals surface area (Å²) in [5.74, 6) is 0.950. The lowest BCUT2D eigenvalue weighted by Gasteiger charge is -2.10. The van der Waals surface area contributed by atoms with E-state index in [1.165, 1.54) is 12.0 Å². The van der Waals surface area contributed by atoms with E-state index in [-0.39, 0.29) is 5.92 Å². The molecule has 0 saturated carbocycles. The lowest BCUT2D eigenvalue weighted by molar-refractivity contribution is 0.411. The molecule has 1 aromatic carbocycles. The average Bonchev–Trinajstić information content (AvgIpc) is 2.54. The summed E-state index contributed by atoms with van der Waals surface area (Å²) >= 11 is 0. The lowest BCUT2D eigenvalue weighted by atomic mass is 9.99. The molecule has 0 bridgehead atoms. The van der Waals surface area contributed by atoms with Crippen molar-refractivity contribution in [2.75, 3.05) is 7.11 Å². The van der Waals surface area contributed by atoms with Crippen LogP contribution in [0.5, 0.6) is 0 Å². The van der Waals surface area contributed by atoms with Crippen LogP contribution in [0.2, 0.25) is 19.6 Å². The van der Waals surface area contributed by atoms with Crippen molar-refractivity contribution in [1.29, 1.82) is 5.26 Å². The van der Waals surface area contributed by atoms with Gasteiger partial charge in [0.25, 0.3) is 0 Å². The number of hydrogen-bond acceptors (Lipinski definition) is 2. The quantitative estimate of drug-likeness (QED) is 0.616. The van der Waals surface area contributed by atoms with Crippen LogP contribution in [0.25, 0.3) is 0 Å². The van der Waals surface area contributed by atoms with Gasteiger partial charge in [0, 0.05) is 13.0 Å². The Bertz CT molecular complexity index is 392. The van der Waals surface area contributed by atoms with E-state index in [1.807, 2.05) is 13.8 Å². The van der Waals surface area contributed by atoms with Gasteiger partial charge in [0.2, 0.25) is 0 Å². The monoisotopic (exact) mass is 321 g/mol. The van der Waals surface area contributed by atoms with Crippen molar-refractivity contribution in [1.82, 2.24) is 0 Å². The van der Waals surface area contributed by atoms with Gasteiger partial charge in [-0.3, -0.25) is 0 Å². The molecule has 0 spiro atoms. The highest BCUT2D eigenvalue weighted by molar-refractivity contribution is 6.69. The van der Waals surface area contributed by atoms with E-state index >= 15 is 0 Å². The fraction of sp³-hybridized carbons (Fsp3) is 0.632. The number of hydrogen-bond donors (Lipinski definition) is 0. The third kappa shape index (κ3) is 15.3. The summed E-state index contributed by atoms with van der Waals surface area (Å²) in [6.07, 6.45) is 2.19. The second-order valence-electron chi connectivity index (χ2n) is 6.47. The molecule has 0 N–H and O–H groups in total. The van der Waals surface area contributed by atoms with E-state index in [4.69, 9.17) is 9.69 Å². The minimum atomic E-state index is -1.13. The van der Waals surface area contributed by atoms with Gasteiger partial charge >= 0.3 is 0 Å². The highest BCUT2D eigenvalue weighted by atomic mass is 28.4. The van der Waals surface area contributed by atoms with Gasteiger partial charge in [-0.1, -0.05) is 51.1 Å². The van der Waals surface area contributed by atoms with Crippen molar-refractivity contribution in [3.8, 4) is 6.07 Å². The van der Waals surface area contributed by atoms with Crippen LogP contribution in [0.15, 0.2) is 30.3 Å². The zero-order chi connectivity index (χ0) is 17.6. The topological polar surface area (TPSA) is 33.0 Å². The Morgan fingerprint density at radius 1 is 1.05 bits per heavy atom. The molecule has 0 fully saturated rings. The van der Waals surface area contributed by atoms with Gasteiger partial charge < -0.3 is 4.43 Å². The van der Waals surface area contributed by atoms with E-state index in [9.17, 15) is 0 Å². The third-order valence-electron chi connectivity index (χ3n) is 3.43. The number of nitriles is 1. The zero-order valence-electron chi connectivity index (χ0n) is 15.8. The molecule has 2 unspecified atom stereocenters. The molecule has 22 heavy (non-hydrogen) atoms. The van der Waals surface area contributed by atoms with Crippen molar-refractivity contribution in [3.05, 3.63) is 35.9 Å². The van der Waals surface area contributed by atoms with Gasteiger partial charge in [-0.2, -0.15) is 5.26 Å². The molecular formula is C19H35NOSi. The molecular weight excluding hydrogens is 286 g/mol. The maximum absolute atomic E-state index is 8.08. The van der Waals surface area contributed by atoms with Crippen LogP contribution in [0, 0.1) is 17.2 Å². The molecule has 0 saturated heterocycles. The molecule has 0 aromatic heterocycles. The first kappa shape index (κ1) is 23.2. The van der Waals surface area contributed by atoms with E-state index in [2.05, 4.69) is 69.9 Å². The Morgan fingerprint density at radius 2 is 1.50 bits per heavy atom. The molecule has 1 rings (SSSR count). The minimum absolute atomic E-state index is 0.241. The summed E-state index contributed by atoms with van der Waals surface area (Å²) in [6, 6.07) is 12.8. The smallest absolute Gasteiger partial charge is 0.183 e. The highest BCUT2D eigenvalue weighted by Gasteiger charge is 2.09. The predicted octanol–water partition coefficient (Wildman–Crippen LogP) is 6.22. The lowest BCUT2D eigenvalue weighted by Crippen LogP contribution is -2.22. The molecule has 2 nitrogen and oxygen atoms in total. The third-order valence-corrected chi connectivity index (χ3v) is 4.65. The summed E-state index contributed by atoms with van der Waals surface area (Å²) in [4.78, 5) is 0. The first-order chi connectivity index (χ1) is 10.2. The normalized spacial score (nSPS) is 12.7. The van der Waals surface area contributed by atoms with E-state index < -0.39 is 8.32 Å². The number of rotatable bonds is 4. The molecule has 0 heterocycles. The van der Waals surface area contributed by atoms with Crippen LogP contribution < -0.4 is 0 Å². The predicted molar refractivity (Wildman–Crippen MR) is 101 cm³/mol. The standard InChI is InChI=1S/C10H14.C5H9N.C4H12OSi/c1-3-9(2)10-7-5-4-6-8-10;1-3-5(2)4-6;1-5-6(2,3)4/h4-9H,3H2,1-2H3;5H,3H2,1-2H3;1-4H3. The number of nitrogens with zero attached hydrogens (tertiary/aromatic N) is 1. The Kier molecular flexibility index (Phi) is 14.3. The van der Waals surface area contributed by atoms with Gasteiger partial charge in [-0.05, 0) is 50.9 Å². The van der Waals surface area contributed by atoms with Crippen molar-refractivity contribution in [2.45, 2.75) is 66.1 Å². The van der Waals surface area contributed by atoms with Crippen molar-refractivity contribution < 1.29 is 4.43 Å². The van der Waals surface area contributed by atoms with E-state index in [0.717, 1.165) is 6.42 Å². The van der Waals surface area contributed by atoms with Crippen LogP contribution in [-0.4, -0.2) is 15.4 Å². The highest BCUT2D eigenvalue weighted by Crippen LogP contribution is 2.16. The summed E-state index contributed by atoms with van der Waals surface area (Å²) in [7, 11) is 0.639. The van der Waals surface area contributed by atoms with E-state index in [0.29, 0.717) is 5.92 Å². The van der Waals surface area contributed by atoms with Crippen LogP contribution in [0.3, 0.4) is 0 Å². The molecule has 0 radical (unpaired) electrons. The van der Waals surface area contributed by atoms with Crippen LogP contribution in [-0.2, 0) is 4.43 Å². The molecule has 0 aliphatic heterocycles. The second-order valence-corrected chi connectivity index (χ2v) is 11.1. The molecule has 0 aliphatic carbocycles. The van der Waals surface area contributed by atoms with Crippen LogP contribution in [0.4, 0.5) is 0 Å². The molecule has 126 valence electrons.